The Morgan fingerprint density at radius 3 is 2.85 bits per heavy atom. The first-order valence-electron chi connectivity index (χ1n) is 6.53. The van der Waals surface area contributed by atoms with E-state index in [1.165, 1.54) is 6.20 Å². The summed E-state index contributed by atoms with van der Waals surface area (Å²) in [6, 6.07) is 0. The van der Waals surface area contributed by atoms with Crippen LogP contribution in [-0.4, -0.2) is 32.5 Å². The van der Waals surface area contributed by atoms with Crippen LogP contribution < -0.4 is 10.9 Å². The number of hydrogen-bond donors (Lipinski definition) is 3. The van der Waals surface area contributed by atoms with E-state index in [-0.39, 0.29) is 11.6 Å². The smallest absolute Gasteiger partial charge is 0.329 e. The summed E-state index contributed by atoms with van der Waals surface area (Å²) in [7, 11) is 0. The fraction of sp³-hybridized carbons (Fsp3) is 0.538. The van der Waals surface area contributed by atoms with Crippen molar-refractivity contribution in [2.45, 2.75) is 38.1 Å². The van der Waals surface area contributed by atoms with E-state index >= 15 is 0 Å². The number of aromatic amines is 1. The van der Waals surface area contributed by atoms with Crippen LogP contribution in [-0.2, 0) is 4.79 Å². The van der Waals surface area contributed by atoms with Gasteiger partial charge in [-0.2, -0.15) is 0 Å². The molecule has 2 unspecified atom stereocenters. The van der Waals surface area contributed by atoms with Crippen LogP contribution in [0.5, 0.6) is 0 Å². The molecule has 1 amide bonds. The molecule has 0 radical (unpaired) electrons. The summed E-state index contributed by atoms with van der Waals surface area (Å²) in [5.74, 6) is -1.37. The average molecular weight is 279 g/mol. The van der Waals surface area contributed by atoms with Crippen LogP contribution in [0.3, 0.4) is 0 Å². The molecule has 2 atom stereocenters. The van der Waals surface area contributed by atoms with Crippen molar-refractivity contribution in [2.24, 2.45) is 5.92 Å². The molecular formula is C13H17N3O4. The predicted octanol–water partition coefficient (Wildman–Crippen LogP) is 0.533. The Hall–Kier alpha value is -2.18. The lowest BCUT2D eigenvalue weighted by Gasteiger charge is -2.36. The molecule has 7 nitrogen and oxygen atoms in total. The number of nitrogens with zero attached hydrogens (tertiary/aromatic N) is 1. The third-order valence-corrected chi connectivity index (χ3v) is 3.66. The maximum Gasteiger partial charge on any atom is 0.329 e. The predicted molar refractivity (Wildman–Crippen MR) is 70.3 cm³/mol. The first kappa shape index (κ1) is 14.2. The fourth-order valence-electron chi connectivity index (χ4n) is 2.66. The number of carboxylic acids is 1. The van der Waals surface area contributed by atoms with Gasteiger partial charge in [0.15, 0.2) is 0 Å². The monoisotopic (exact) mass is 279 g/mol. The lowest BCUT2D eigenvalue weighted by molar-refractivity contribution is -0.146. The minimum atomic E-state index is -1.24. The Bertz CT molecular complexity index is 563. The van der Waals surface area contributed by atoms with E-state index in [9.17, 15) is 19.5 Å². The van der Waals surface area contributed by atoms with Crippen molar-refractivity contribution in [2.75, 3.05) is 0 Å². The van der Waals surface area contributed by atoms with Gasteiger partial charge < -0.3 is 15.4 Å². The van der Waals surface area contributed by atoms with E-state index in [0.29, 0.717) is 12.8 Å². The van der Waals surface area contributed by atoms with Crippen LogP contribution in [0.25, 0.3) is 0 Å². The third kappa shape index (κ3) is 2.87. The number of rotatable bonds is 3. The standard InChI is InChI=1S/C13H17N3O4/c1-8-3-2-4-13(5-8,12(19)20)16-11(18)9-6-15-10(17)7-14-9/h6-8H,2-5H2,1H3,(H,15,17)(H,16,18)(H,19,20). The van der Waals surface area contributed by atoms with E-state index in [0.717, 1.165) is 19.0 Å². The van der Waals surface area contributed by atoms with E-state index in [1.807, 2.05) is 6.92 Å². The molecule has 7 heteroatoms. The first-order chi connectivity index (χ1) is 9.43. The second kappa shape index (κ2) is 5.44. The van der Waals surface area contributed by atoms with Gasteiger partial charge in [-0.1, -0.05) is 19.8 Å². The van der Waals surface area contributed by atoms with E-state index < -0.39 is 23.0 Å². The highest BCUT2D eigenvalue weighted by atomic mass is 16.4. The second-order valence-corrected chi connectivity index (χ2v) is 5.34. The van der Waals surface area contributed by atoms with Gasteiger partial charge in [-0.15, -0.1) is 0 Å². The topological polar surface area (TPSA) is 112 Å². The Labute approximate surface area is 115 Å². The first-order valence-corrected chi connectivity index (χ1v) is 6.53. The average Bonchev–Trinajstić information content (AvgIpc) is 2.39. The Kier molecular flexibility index (Phi) is 3.87. The summed E-state index contributed by atoms with van der Waals surface area (Å²) in [6.07, 6.45) is 4.69. The number of aromatic nitrogens is 2. The van der Waals surface area contributed by atoms with Crippen LogP contribution in [0.4, 0.5) is 0 Å². The van der Waals surface area contributed by atoms with Crippen molar-refractivity contribution in [3.05, 3.63) is 28.4 Å². The van der Waals surface area contributed by atoms with Crippen molar-refractivity contribution in [3.8, 4) is 0 Å². The summed E-state index contributed by atoms with van der Waals surface area (Å²) in [6.45, 7) is 1.97. The number of amides is 1. The molecule has 2 rings (SSSR count). The van der Waals surface area contributed by atoms with Crippen LogP contribution in [0.1, 0.15) is 43.1 Å². The Morgan fingerprint density at radius 2 is 2.30 bits per heavy atom. The molecule has 108 valence electrons. The molecule has 0 spiro atoms. The van der Waals surface area contributed by atoms with E-state index in [2.05, 4.69) is 15.3 Å². The fourth-order valence-corrected chi connectivity index (χ4v) is 2.66. The molecule has 1 saturated carbocycles. The van der Waals surface area contributed by atoms with Gasteiger partial charge >= 0.3 is 5.97 Å². The van der Waals surface area contributed by atoms with Crippen LogP contribution in [0, 0.1) is 5.92 Å². The maximum absolute atomic E-state index is 12.1. The van der Waals surface area contributed by atoms with Gasteiger partial charge in [0.1, 0.15) is 11.2 Å². The molecular weight excluding hydrogens is 262 g/mol. The quantitative estimate of drug-likeness (QED) is 0.747. The highest BCUT2D eigenvalue weighted by molar-refractivity contribution is 5.96. The molecule has 1 fully saturated rings. The van der Waals surface area contributed by atoms with Crippen molar-refractivity contribution in [3.63, 3.8) is 0 Å². The van der Waals surface area contributed by atoms with Crippen molar-refractivity contribution < 1.29 is 14.7 Å². The zero-order valence-corrected chi connectivity index (χ0v) is 11.2. The molecule has 1 heterocycles. The molecule has 1 aromatic rings. The molecule has 0 aliphatic heterocycles. The largest absolute Gasteiger partial charge is 0.480 e. The van der Waals surface area contributed by atoms with Crippen molar-refractivity contribution >= 4 is 11.9 Å². The zero-order valence-electron chi connectivity index (χ0n) is 11.2. The van der Waals surface area contributed by atoms with Gasteiger partial charge in [0.25, 0.3) is 11.5 Å². The molecule has 1 aliphatic carbocycles. The van der Waals surface area contributed by atoms with Crippen LogP contribution >= 0.6 is 0 Å². The summed E-state index contributed by atoms with van der Waals surface area (Å²) < 4.78 is 0. The zero-order chi connectivity index (χ0) is 14.8. The molecule has 1 aliphatic rings. The number of carboxylic acid groups (broad SMARTS) is 1. The molecule has 0 aromatic carbocycles. The molecule has 0 bridgehead atoms. The minimum absolute atomic E-state index is 0.00320. The highest BCUT2D eigenvalue weighted by Gasteiger charge is 2.43. The van der Waals surface area contributed by atoms with Gasteiger partial charge in [0, 0.05) is 6.20 Å². The molecule has 1 aromatic heterocycles. The second-order valence-electron chi connectivity index (χ2n) is 5.34. The number of aliphatic carboxylic acids is 1. The van der Waals surface area contributed by atoms with Gasteiger partial charge in [0.2, 0.25) is 0 Å². The summed E-state index contributed by atoms with van der Waals surface area (Å²) in [5, 5.41) is 12.0. The van der Waals surface area contributed by atoms with E-state index in [1.54, 1.807) is 0 Å². The number of hydrogen-bond acceptors (Lipinski definition) is 4. The van der Waals surface area contributed by atoms with E-state index in [4.69, 9.17) is 0 Å². The molecule has 3 N–H and O–H groups in total. The van der Waals surface area contributed by atoms with Crippen molar-refractivity contribution in [1.29, 1.82) is 0 Å². The Morgan fingerprint density at radius 1 is 1.55 bits per heavy atom. The van der Waals surface area contributed by atoms with Gasteiger partial charge in [0.05, 0.1) is 6.20 Å². The Balaban J connectivity index is 2.20. The van der Waals surface area contributed by atoms with Crippen molar-refractivity contribution in [1.82, 2.24) is 15.3 Å². The van der Waals surface area contributed by atoms with Crippen LogP contribution in [0.2, 0.25) is 0 Å². The summed E-state index contributed by atoms with van der Waals surface area (Å²) in [5.41, 5.74) is -1.66. The number of carbonyl (C=O) groups excluding carboxylic acids is 1. The maximum atomic E-state index is 12.1. The van der Waals surface area contributed by atoms with Gasteiger partial charge in [-0.3, -0.25) is 9.59 Å². The summed E-state index contributed by atoms with van der Waals surface area (Å²) >= 11 is 0. The number of carbonyl (C=O) groups is 2. The lowest BCUT2D eigenvalue weighted by atomic mass is 9.76. The minimum Gasteiger partial charge on any atom is -0.480 e. The van der Waals surface area contributed by atoms with Gasteiger partial charge in [-0.05, 0) is 18.8 Å². The normalized spacial score (nSPS) is 25.9. The number of H-pyrrole nitrogens is 1. The summed E-state index contributed by atoms with van der Waals surface area (Å²) in [4.78, 5) is 40.6. The van der Waals surface area contributed by atoms with Gasteiger partial charge in [-0.25, -0.2) is 9.78 Å². The highest BCUT2D eigenvalue weighted by Crippen LogP contribution is 2.32. The molecule has 0 saturated heterocycles. The number of nitrogens with one attached hydrogen (secondary N) is 2. The third-order valence-electron chi connectivity index (χ3n) is 3.66. The molecule has 20 heavy (non-hydrogen) atoms. The van der Waals surface area contributed by atoms with Crippen LogP contribution in [0.15, 0.2) is 17.2 Å². The SMILES string of the molecule is CC1CCCC(NC(=O)c2c[nH]c(=O)cn2)(C(=O)O)C1. The lowest BCUT2D eigenvalue weighted by Crippen LogP contribution is -2.57.